The molecule has 1 heterocycles. The second kappa shape index (κ2) is 5.55. The highest BCUT2D eigenvalue weighted by atomic mass is 32.2. The lowest BCUT2D eigenvalue weighted by atomic mass is 10.2. The molecule has 0 N–H and O–H groups in total. The van der Waals surface area contributed by atoms with E-state index in [2.05, 4.69) is 0 Å². The van der Waals surface area contributed by atoms with Crippen LogP contribution in [0.25, 0.3) is 0 Å². The predicted molar refractivity (Wildman–Crippen MR) is 57.4 cm³/mol. The van der Waals surface area contributed by atoms with Crippen molar-refractivity contribution in [2.45, 2.75) is 25.9 Å². The molecular weight excluding hydrogens is 185 g/mol. The van der Waals surface area contributed by atoms with E-state index in [9.17, 15) is 4.79 Å². The smallest absolute Gasteiger partial charge is 0.252 e. The molecule has 1 fully saturated rings. The average Bonchev–Trinajstić information content (AvgIpc) is 2.68. The van der Waals surface area contributed by atoms with Crippen LogP contribution < -0.4 is 0 Å². The Labute approximate surface area is 87.5 Å². The monoisotopic (exact) mass is 204 g/mol. The van der Waals surface area contributed by atoms with Gasteiger partial charge in [-0.2, -0.15) is 0 Å². The fourth-order valence-electron chi connectivity index (χ4n) is 1.38. The zero-order chi connectivity index (χ0) is 11.3. The Morgan fingerprint density at radius 3 is 3.23 bits per heavy atom. The second-order valence-corrected chi connectivity index (χ2v) is 3.82. The molecule has 0 saturated carbocycles. The molecule has 74 valence electrons. The van der Waals surface area contributed by atoms with Crippen molar-refractivity contribution in [3.8, 4) is 0 Å². The standard InChI is InChI=1S/C8H16BNO2S/c1-7(12-13-6-9)8(11)10-4-2-3-5-10/h7H,2-6,9H2,1H3/t7-/m0/s1/i9TD. The lowest BCUT2D eigenvalue weighted by Crippen LogP contribution is -2.36. The molecule has 0 aromatic rings. The van der Waals surface area contributed by atoms with Gasteiger partial charge in [0.25, 0.3) is 5.91 Å². The molecule has 0 spiro atoms. The molecule has 0 radical (unpaired) electrons. The molecule has 5 heteroatoms. The van der Waals surface area contributed by atoms with E-state index in [1.807, 2.05) is 4.90 Å². The highest BCUT2D eigenvalue weighted by molar-refractivity contribution is 7.95. The maximum absolute atomic E-state index is 11.7. The van der Waals surface area contributed by atoms with Crippen LogP contribution in [0.15, 0.2) is 0 Å². The van der Waals surface area contributed by atoms with Gasteiger partial charge in [0.1, 0.15) is 13.9 Å². The topological polar surface area (TPSA) is 29.5 Å². The predicted octanol–water partition coefficient (Wildman–Crippen LogP) is 0.253. The lowest BCUT2D eigenvalue weighted by molar-refractivity contribution is -0.136. The van der Waals surface area contributed by atoms with Gasteiger partial charge < -0.3 is 9.08 Å². The molecule has 1 aliphatic heterocycles. The molecule has 13 heavy (non-hydrogen) atoms. The molecular formula is C8H16BNO2S. The van der Waals surface area contributed by atoms with Crippen LogP contribution in [0.4, 0.5) is 0 Å². The summed E-state index contributed by atoms with van der Waals surface area (Å²) >= 11 is 1.03. The van der Waals surface area contributed by atoms with Crippen LogP contribution in [-0.4, -0.2) is 46.1 Å². The van der Waals surface area contributed by atoms with Gasteiger partial charge in [0.05, 0.1) is 0 Å². The third-order valence-electron chi connectivity index (χ3n) is 2.05. The number of amides is 1. The van der Waals surface area contributed by atoms with Crippen LogP contribution >= 0.6 is 12.0 Å². The minimum Gasteiger partial charge on any atom is -0.340 e. The Bertz CT molecular complexity index is 215. The van der Waals surface area contributed by atoms with Crippen LogP contribution in [0.3, 0.4) is 0 Å². The second-order valence-electron chi connectivity index (χ2n) is 3.06. The fraction of sp³-hybridized carbons (Fsp3) is 0.875. The van der Waals surface area contributed by atoms with E-state index in [1.165, 1.54) is 0 Å². The van der Waals surface area contributed by atoms with Gasteiger partial charge in [-0.25, -0.2) is 0 Å². The zero-order valence-electron chi connectivity index (χ0n) is 9.86. The molecule has 0 aromatic heterocycles. The first kappa shape index (κ1) is 8.18. The molecule has 3 nitrogen and oxygen atoms in total. The van der Waals surface area contributed by atoms with Gasteiger partial charge in [0.15, 0.2) is 0 Å². The van der Waals surface area contributed by atoms with Crippen molar-refractivity contribution in [3.63, 3.8) is 0 Å². The number of hydrogen-bond acceptors (Lipinski definition) is 3. The van der Waals surface area contributed by atoms with E-state index in [0.717, 1.165) is 38.0 Å². The van der Waals surface area contributed by atoms with E-state index >= 15 is 0 Å². The Balaban J connectivity index is 2.20. The Hall–Kier alpha value is -0.155. The van der Waals surface area contributed by atoms with E-state index in [0.29, 0.717) is 0 Å². The number of likely N-dealkylation sites (tertiary alicyclic amines) is 1. The van der Waals surface area contributed by atoms with Crippen molar-refractivity contribution < 1.29 is 8.98 Å². The van der Waals surface area contributed by atoms with Crippen molar-refractivity contribution in [2.24, 2.45) is 0 Å². The van der Waals surface area contributed by atoms with Crippen molar-refractivity contribution in [3.05, 3.63) is 0 Å². The van der Waals surface area contributed by atoms with Gasteiger partial charge in [-0.15, -0.1) is 0 Å². The minimum absolute atomic E-state index is 0.0199. The summed E-state index contributed by atoms with van der Waals surface area (Å²) in [4.78, 5) is 13.5. The lowest BCUT2D eigenvalue weighted by Gasteiger charge is -2.19. The van der Waals surface area contributed by atoms with E-state index in [4.69, 9.17) is 6.85 Å². The van der Waals surface area contributed by atoms with Crippen molar-refractivity contribution in [1.29, 1.82) is 2.67 Å². The normalized spacial score (nSPS) is 20.8. The van der Waals surface area contributed by atoms with E-state index in [1.54, 1.807) is 6.92 Å². The third kappa shape index (κ3) is 3.23. The summed E-state index contributed by atoms with van der Waals surface area (Å²) in [6, 6.07) is 0. The summed E-state index contributed by atoms with van der Waals surface area (Å²) in [5.74, 6) is 0.0199. The number of rotatable bonds is 5. The Kier molecular flexibility index (Phi) is 3.49. The molecule has 1 aliphatic rings. The fourth-order valence-corrected chi connectivity index (χ4v) is 1.74. The molecule has 0 aliphatic carbocycles. The average molecular weight is 204 g/mol. The quantitative estimate of drug-likeness (QED) is 0.475. The molecule has 0 unspecified atom stereocenters. The Morgan fingerprint density at radius 1 is 1.92 bits per heavy atom. The van der Waals surface area contributed by atoms with Crippen molar-refractivity contribution in [2.75, 3.05) is 18.7 Å². The largest absolute Gasteiger partial charge is 0.340 e. The summed E-state index contributed by atoms with van der Waals surface area (Å²) in [5.41, 5.74) is 0.275. The number of hydrogen-bond donors (Lipinski definition) is 0. The summed E-state index contributed by atoms with van der Waals surface area (Å²) < 4.78 is 19.1. The van der Waals surface area contributed by atoms with Gasteiger partial charge in [-0.1, -0.05) is 0 Å². The maximum Gasteiger partial charge on any atom is 0.252 e. The zero-order valence-corrected chi connectivity index (χ0v) is 8.68. The van der Waals surface area contributed by atoms with E-state index in [-0.39, 0.29) is 11.6 Å². The van der Waals surface area contributed by atoms with Gasteiger partial charge in [0, 0.05) is 13.1 Å². The van der Waals surface area contributed by atoms with Crippen LogP contribution in [0.5, 0.6) is 0 Å². The van der Waals surface area contributed by atoms with Crippen LogP contribution in [0.2, 0.25) is 0 Å². The molecule has 0 bridgehead atoms. The summed E-state index contributed by atoms with van der Waals surface area (Å²) in [6.07, 6.45) is 1.69. The highest BCUT2D eigenvalue weighted by Gasteiger charge is 2.23. The number of nitrogens with zero attached hydrogens (tertiary/aromatic N) is 1. The number of carbonyl (C=O) groups is 1. The van der Waals surface area contributed by atoms with Crippen molar-refractivity contribution in [1.82, 2.24) is 4.90 Å². The first-order valence-corrected chi connectivity index (χ1v) is 5.44. The van der Waals surface area contributed by atoms with Gasteiger partial charge in [0.2, 0.25) is 0 Å². The molecule has 0 aromatic carbocycles. The first-order chi connectivity index (χ1) is 7.11. The third-order valence-corrected chi connectivity index (χ3v) is 2.61. The maximum atomic E-state index is 11.7. The molecule has 1 atom stereocenters. The summed E-state index contributed by atoms with van der Waals surface area (Å²) in [6.45, 7) is 3.38. The highest BCUT2D eigenvalue weighted by Crippen LogP contribution is 2.13. The van der Waals surface area contributed by atoms with E-state index < -0.39 is 13.9 Å². The minimum atomic E-state index is -0.899. The van der Waals surface area contributed by atoms with Gasteiger partial charge >= 0.3 is 0 Å². The van der Waals surface area contributed by atoms with Gasteiger partial charge in [-0.05, 0) is 40.1 Å². The SMILES string of the molecule is [2H]B([3H])CSO[C@@H](C)C(=O)N1CCCC1. The summed E-state index contributed by atoms with van der Waals surface area (Å²) in [7, 11) is -0.899. The molecule has 1 amide bonds. The van der Waals surface area contributed by atoms with Crippen LogP contribution in [0.1, 0.15) is 19.8 Å². The summed E-state index contributed by atoms with van der Waals surface area (Å²) in [5, 5.41) is 0. The molecule has 1 rings (SSSR count). The number of carbonyl (C=O) groups excluding carboxylic acids is 1. The van der Waals surface area contributed by atoms with Gasteiger partial charge in [-0.3, -0.25) is 4.79 Å². The first-order valence-electron chi connectivity index (χ1n) is 5.68. The molecule has 1 saturated heterocycles. The van der Waals surface area contributed by atoms with Crippen LogP contribution in [0, 0.1) is 0 Å². The van der Waals surface area contributed by atoms with Crippen LogP contribution in [-0.2, 0) is 8.98 Å². The Morgan fingerprint density at radius 2 is 2.62 bits per heavy atom. The van der Waals surface area contributed by atoms with Crippen molar-refractivity contribution >= 4 is 25.7 Å².